The predicted octanol–water partition coefficient (Wildman–Crippen LogP) is 2.28. The molecule has 0 bridgehead atoms. The van der Waals surface area contributed by atoms with Crippen molar-refractivity contribution >= 4 is 17.4 Å². The maximum atomic E-state index is 5.87. The molecule has 0 atom stereocenters. The van der Waals surface area contributed by atoms with Crippen LogP contribution in [-0.2, 0) is 4.74 Å². The SMILES string of the molecule is COC1(CN(C)C)CCN(c2ccc(Cl)cn2)CC1. The van der Waals surface area contributed by atoms with Gasteiger partial charge in [-0.2, -0.15) is 0 Å². The van der Waals surface area contributed by atoms with Gasteiger partial charge in [-0.3, -0.25) is 0 Å². The fraction of sp³-hybridized carbons (Fsp3) is 0.643. The minimum absolute atomic E-state index is 0.0214. The first kappa shape index (κ1) is 14.6. The molecule has 1 aromatic heterocycles. The Hall–Kier alpha value is -0.840. The molecule has 106 valence electrons. The Morgan fingerprint density at radius 3 is 2.53 bits per heavy atom. The molecule has 1 saturated heterocycles. The van der Waals surface area contributed by atoms with Gasteiger partial charge >= 0.3 is 0 Å². The summed E-state index contributed by atoms with van der Waals surface area (Å²) in [5.41, 5.74) is -0.0214. The number of hydrogen-bond donors (Lipinski definition) is 0. The smallest absolute Gasteiger partial charge is 0.128 e. The van der Waals surface area contributed by atoms with Crippen LogP contribution in [0.25, 0.3) is 0 Å². The number of hydrogen-bond acceptors (Lipinski definition) is 4. The first-order chi connectivity index (χ1) is 9.04. The summed E-state index contributed by atoms with van der Waals surface area (Å²) in [6, 6.07) is 3.87. The third kappa shape index (κ3) is 3.59. The third-order valence-corrected chi connectivity index (χ3v) is 3.97. The molecule has 19 heavy (non-hydrogen) atoms. The van der Waals surface area contributed by atoms with Crippen LogP contribution >= 0.6 is 11.6 Å². The number of methoxy groups -OCH3 is 1. The van der Waals surface area contributed by atoms with E-state index < -0.39 is 0 Å². The molecule has 1 aliphatic heterocycles. The molecular weight excluding hydrogens is 262 g/mol. The molecule has 0 unspecified atom stereocenters. The minimum Gasteiger partial charge on any atom is -0.377 e. The molecule has 0 radical (unpaired) electrons. The summed E-state index contributed by atoms with van der Waals surface area (Å²) >= 11 is 5.87. The van der Waals surface area contributed by atoms with Crippen LogP contribution in [0.1, 0.15) is 12.8 Å². The average Bonchev–Trinajstić information content (AvgIpc) is 2.40. The first-order valence-corrected chi connectivity index (χ1v) is 6.99. The van der Waals surface area contributed by atoms with Crippen LogP contribution < -0.4 is 4.90 Å². The number of pyridine rings is 1. The lowest BCUT2D eigenvalue weighted by molar-refractivity contribution is -0.0455. The van der Waals surface area contributed by atoms with Crippen molar-refractivity contribution in [2.45, 2.75) is 18.4 Å². The lowest BCUT2D eigenvalue weighted by atomic mass is 9.90. The first-order valence-electron chi connectivity index (χ1n) is 6.61. The van der Waals surface area contributed by atoms with Gasteiger partial charge in [-0.05, 0) is 39.1 Å². The van der Waals surface area contributed by atoms with Crippen molar-refractivity contribution in [1.29, 1.82) is 0 Å². The van der Waals surface area contributed by atoms with Crippen molar-refractivity contribution in [3.8, 4) is 0 Å². The molecular formula is C14H22ClN3O. The zero-order chi connectivity index (χ0) is 13.9. The van der Waals surface area contributed by atoms with Crippen LogP contribution in [0.2, 0.25) is 5.02 Å². The Labute approximate surface area is 120 Å². The van der Waals surface area contributed by atoms with Gasteiger partial charge in [0.25, 0.3) is 0 Å². The van der Waals surface area contributed by atoms with Gasteiger partial charge in [0.05, 0.1) is 10.6 Å². The van der Waals surface area contributed by atoms with E-state index in [9.17, 15) is 0 Å². The highest BCUT2D eigenvalue weighted by atomic mass is 35.5. The van der Waals surface area contributed by atoms with E-state index in [-0.39, 0.29) is 5.60 Å². The normalized spacial score (nSPS) is 18.9. The summed E-state index contributed by atoms with van der Waals surface area (Å²) < 4.78 is 5.78. The van der Waals surface area contributed by atoms with Crippen molar-refractivity contribution in [3.63, 3.8) is 0 Å². The highest BCUT2D eigenvalue weighted by Crippen LogP contribution is 2.28. The molecule has 0 aliphatic carbocycles. The molecule has 0 aromatic carbocycles. The zero-order valence-corrected chi connectivity index (χ0v) is 12.7. The highest BCUT2D eigenvalue weighted by Gasteiger charge is 2.35. The molecule has 2 heterocycles. The molecule has 1 fully saturated rings. The molecule has 5 heteroatoms. The molecule has 1 aliphatic rings. The van der Waals surface area contributed by atoms with E-state index in [1.165, 1.54) is 0 Å². The molecule has 2 rings (SSSR count). The maximum absolute atomic E-state index is 5.87. The summed E-state index contributed by atoms with van der Waals surface area (Å²) in [7, 11) is 6.00. The fourth-order valence-electron chi connectivity index (χ4n) is 2.70. The van der Waals surface area contributed by atoms with Crippen molar-refractivity contribution < 1.29 is 4.74 Å². The van der Waals surface area contributed by atoms with Crippen LogP contribution in [0.15, 0.2) is 18.3 Å². The van der Waals surface area contributed by atoms with Crippen LogP contribution in [0.3, 0.4) is 0 Å². The van der Waals surface area contributed by atoms with E-state index in [0.717, 1.165) is 38.3 Å². The lowest BCUT2D eigenvalue weighted by Gasteiger charge is -2.42. The van der Waals surface area contributed by atoms with E-state index in [1.54, 1.807) is 6.20 Å². The Balaban J connectivity index is 1.99. The van der Waals surface area contributed by atoms with Gasteiger partial charge in [0, 0.05) is 32.9 Å². The Kier molecular flexibility index (Phi) is 4.66. The summed E-state index contributed by atoms with van der Waals surface area (Å²) in [5.74, 6) is 0.999. The number of ether oxygens (including phenoxy) is 1. The largest absolute Gasteiger partial charge is 0.377 e. The number of rotatable bonds is 4. The molecule has 4 nitrogen and oxygen atoms in total. The quantitative estimate of drug-likeness (QED) is 0.848. The van der Waals surface area contributed by atoms with Crippen molar-refractivity contribution in [2.24, 2.45) is 0 Å². The van der Waals surface area contributed by atoms with Gasteiger partial charge in [0.2, 0.25) is 0 Å². The van der Waals surface area contributed by atoms with Crippen LogP contribution in [0.4, 0.5) is 5.82 Å². The molecule has 0 N–H and O–H groups in total. The Morgan fingerprint density at radius 1 is 1.37 bits per heavy atom. The monoisotopic (exact) mass is 283 g/mol. The number of nitrogens with zero attached hydrogens (tertiary/aromatic N) is 3. The molecule has 0 saturated carbocycles. The number of halogens is 1. The molecule has 1 aromatic rings. The van der Waals surface area contributed by atoms with Gasteiger partial charge in [-0.25, -0.2) is 4.98 Å². The van der Waals surface area contributed by atoms with E-state index in [1.807, 2.05) is 19.2 Å². The number of anilines is 1. The minimum atomic E-state index is -0.0214. The lowest BCUT2D eigenvalue weighted by Crippen LogP contribution is -2.51. The number of likely N-dealkylation sites (N-methyl/N-ethyl adjacent to an activating group) is 1. The standard InChI is InChI=1S/C14H22ClN3O/c1-17(2)11-14(19-3)6-8-18(9-7-14)13-5-4-12(15)10-16-13/h4-5,10H,6-9,11H2,1-3H3. The molecule has 0 amide bonds. The van der Waals surface area contributed by atoms with Crippen LogP contribution in [-0.4, -0.2) is 56.3 Å². The van der Waals surface area contributed by atoms with Gasteiger partial charge < -0.3 is 14.5 Å². The second-order valence-corrected chi connectivity index (χ2v) is 5.88. The van der Waals surface area contributed by atoms with Gasteiger partial charge in [0.1, 0.15) is 5.82 Å². The predicted molar refractivity (Wildman–Crippen MR) is 79.0 cm³/mol. The average molecular weight is 284 g/mol. The summed E-state index contributed by atoms with van der Waals surface area (Å²) in [6.07, 6.45) is 3.74. The van der Waals surface area contributed by atoms with Crippen LogP contribution in [0, 0.1) is 0 Å². The Bertz CT molecular complexity index is 400. The highest BCUT2D eigenvalue weighted by molar-refractivity contribution is 6.30. The zero-order valence-electron chi connectivity index (χ0n) is 11.9. The Morgan fingerprint density at radius 2 is 2.05 bits per heavy atom. The van der Waals surface area contributed by atoms with Gasteiger partial charge in [0.15, 0.2) is 0 Å². The topological polar surface area (TPSA) is 28.6 Å². The summed E-state index contributed by atoms with van der Waals surface area (Å²) in [5, 5.41) is 0.680. The van der Waals surface area contributed by atoms with Crippen LogP contribution in [0.5, 0.6) is 0 Å². The summed E-state index contributed by atoms with van der Waals surface area (Å²) in [4.78, 5) is 8.87. The number of piperidine rings is 1. The third-order valence-electron chi connectivity index (χ3n) is 3.75. The summed E-state index contributed by atoms with van der Waals surface area (Å²) in [6.45, 7) is 2.90. The van der Waals surface area contributed by atoms with Gasteiger partial charge in [-0.15, -0.1) is 0 Å². The van der Waals surface area contributed by atoms with E-state index in [4.69, 9.17) is 16.3 Å². The number of aromatic nitrogens is 1. The second-order valence-electron chi connectivity index (χ2n) is 5.45. The second kappa shape index (κ2) is 6.07. The van der Waals surface area contributed by atoms with E-state index >= 15 is 0 Å². The van der Waals surface area contributed by atoms with E-state index in [2.05, 4.69) is 28.9 Å². The molecule has 0 spiro atoms. The van der Waals surface area contributed by atoms with Gasteiger partial charge in [-0.1, -0.05) is 11.6 Å². The van der Waals surface area contributed by atoms with Crippen molar-refractivity contribution in [1.82, 2.24) is 9.88 Å². The van der Waals surface area contributed by atoms with Crippen molar-refractivity contribution in [3.05, 3.63) is 23.4 Å². The maximum Gasteiger partial charge on any atom is 0.128 e. The van der Waals surface area contributed by atoms with Crippen molar-refractivity contribution in [2.75, 3.05) is 45.7 Å². The van der Waals surface area contributed by atoms with E-state index in [0.29, 0.717) is 5.02 Å². The fourth-order valence-corrected chi connectivity index (χ4v) is 2.81.